The Morgan fingerprint density at radius 2 is 1.83 bits per heavy atom. The lowest BCUT2D eigenvalue weighted by Gasteiger charge is -2.19. The fourth-order valence-corrected chi connectivity index (χ4v) is 4.95. The van der Waals surface area contributed by atoms with E-state index in [-0.39, 0.29) is 0 Å². The third-order valence-electron chi connectivity index (χ3n) is 1.92. The van der Waals surface area contributed by atoms with Crippen molar-refractivity contribution in [3.8, 4) is 0 Å². The van der Waals surface area contributed by atoms with Gasteiger partial charge in [0.1, 0.15) is 0 Å². The Morgan fingerprint density at radius 3 is 2.33 bits per heavy atom. The monoisotopic (exact) mass is 300 g/mol. The van der Waals surface area contributed by atoms with Gasteiger partial charge < -0.3 is 4.43 Å². The van der Waals surface area contributed by atoms with Crippen LogP contribution in [-0.4, -0.2) is 12.4 Å². The average Bonchev–Trinajstić information content (AvgIpc) is 1.98. The number of halogens is 1. The average molecular weight is 300 g/mol. The second-order valence-electron chi connectivity index (χ2n) is 3.35. The van der Waals surface area contributed by atoms with Crippen molar-refractivity contribution >= 4 is 27.6 Å². The Morgan fingerprint density at radius 1 is 1.17 bits per heavy atom. The van der Waals surface area contributed by atoms with E-state index < -0.39 is 5.81 Å². The molecule has 0 aliphatic heterocycles. The minimum absolute atomic E-state index is 0.888. The van der Waals surface area contributed by atoms with Crippen LogP contribution in [0, 0.1) is 0 Å². The second-order valence-corrected chi connectivity index (χ2v) is 13.2. The number of rotatable bonds is 7. The molecule has 0 radical (unpaired) electrons. The molecule has 0 N–H and O–H groups in total. The van der Waals surface area contributed by atoms with Gasteiger partial charge in [0.15, 0.2) is 0 Å². The zero-order valence-electron chi connectivity index (χ0n) is 8.53. The molecule has 12 heavy (non-hydrogen) atoms. The maximum Gasteiger partial charge on any atom is 0.255 e. The molecule has 0 saturated carbocycles. The van der Waals surface area contributed by atoms with Crippen LogP contribution in [0.3, 0.4) is 0 Å². The van der Waals surface area contributed by atoms with Crippen molar-refractivity contribution in [1.82, 2.24) is 0 Å². The molecule has 0 rings (SSSR count). The quantitative estimate of drug-likeness (QED) is 0.297. The minimum atomic E-state index is -1.28. The summed E-state index contributed by atoms with van der Waals surface area (Å²) in [6.45, 7) is 7.54. The normalized spacial score (nSPS) is 16.0. The Kier molecular flexibility index (Phi) is 7.88. The van der Waals surface area contributed by atoms with Crippen LogP contribution in [0.15, 0.2) is 0 Å². The van der Waals surface area contributed by atoms with Gasteiger partial charge in [-0.1, -0.05) is 54.4 Å². The van der Waals surface area contributed by atoms with Crippen LogP contribution in [0.25, 0.3) is 0 Å². The molecule has 0 aromatic heterocycles. The van der Waals surface area contributed by atoms with Gasteiger partial charge in [0.25, 0.3) is 5.81 Å². The van der Waals surface area contributed by atoms with Crippen LogP contribution in [0.4, 0.5) is 0 Å². The van der Waals surface area contributed by atoms with Crippen molar-refractivity contribution < 1.29 is 4.43 Å². The lowest BCUT2D eigenvalue weighted by molar-refractivity contribution is 0.341. The van der Waals surface area contributed by atoms with Crippen LogP contribution >= 0.6 is 21.8 Å². The predicted molar refractivity (Wildman–Crippen MR) is 66.2 cm³/mol. The van der Waals surface area contributed by atoms with E-state index in [4.69, 9.17) is 4.43 Å². The molecular weight excluding hydrogens is 279 g/mol. The van der Waals surface area contributed by atoms with E-state index in [2.05, 4.69) is 42.2 Å². The van der Waals surface area contributed by atoms with Gasteiger partial charge in [-0.05, 0) is 19.5 Å². The molecule has 0 saturated heterocycles. The molecular formula is C9H21IOSi. The van der Waals surface area contributed by atoms with Gasteiger partial charge in [-0.15, -0.1) is 0 Å². The molecule has 74 valence electrons. The summed E-state index contributed by atoms with van der Waals surface area (Å²) in [4.78, 5) is 0. The highest BCUT2D eigenvalue weighted by Gasteiger charge is 2.23. The SMILES string of the molecule is CCCCCC[Si](C)(I)OCC. The highest BCUT2D eigenvalue weighted by molar-refractivity contribution is 14.1. The van der Waals surface area contributed by atoms with Gasteiger partial charge in [-0.3, -0.25) is 0 Å². The zero-order chi connectivity index (χ0) is 9.45. The van der Waals surface area contributed by atoms with E-state index in [1.807, 2.05) is 0 Å². The van der Waals surface area contributed by atoms with Crippen molar-refractivity contribution in [3.63, 3.8) is 0 Å². The fraction of sp³-hybridized carbons (Fsp3) is 1.00. The molecule has 0 aliphatic carbocycles. The topological polar surface area (TPSA) is 9.23 Å². The molecule has 0 aliphatic rings. The largest absolute Gasteiger partial charge is 0.408 e. The van der Waals surface area contributed by atoms with E-state index in [1.54, 1.807) is 0 Å². The fourth-order valence-electron chi connectivity index (χ4n) is 1.24. The summed E-state index contributed by atoms with van der Waals surface area (Å²) in [6.07, 6.45) is 5.45. The van der Waals surface area contributed by atoms with Gasteiger partial charge >= 0.3 is 0 Å². The molecule has 0 heterocycles. The van der Waals surface area contributed by atoms with Gasteiger partial charge in [0.2, 0.25) is 0 Å². The Labute approximate surface area is 90.6 Å². The summed E-state index contributed by atoms with van der Waals surface area (Å²) < 4.78 is 5.74. The summed E-state index contributed by atoms with van der Waals surface area (Å²) in [5.74, 6) is -1.28. The molecule has 3 heteroatoms. The lowest BCUT2D eigenvalue weighted by Crippen LogP contribution is -2.25. The summed E-state index contributed by atoms with van der Waals surface area (Å²) >= 11 is 2.54. The van der Waals surface area contributed by atoms with Gasteiger partial charge in [0, 0.05) is 6.61 Å². The van der Waals surface area contributed by atoms with Crippen LogP contribution in [0.1, 0.15) is 39.5 Å². The molecule has 0 aromatic carbocycles. The highest BCUT2D eigenvalue weighted by Crippen LogP contribution is 2.23. The van der Waals surface area contributed by atoms with E-state index in [0.29, 0.717) is 0 Å². The molecule has 1 nitrogen and oxygen atoms in total. The third-order valence-corrected chi connectivity index (χ3v) is 6.61. The number of hydrogen-bond acceptors (Lipinski definition) is 1. The molecule has 0 amide bonds. The van der Waals surface area contributed by atoms with Crippen molar-refractivity contribution in [1.29, 1.82) is 0 Å². The molecule has 1 unspecified atom stereocenters. The minimum Gasteiger partial charge on any atom is -0.408 e. The number of hydrogen-bond donors (Lipinski definition) is 0. The highest BCUT2D eigenvalue weighted by atomic mass is 127. The summed E-state index contributed by atoms with van der Waals surface area (Å²) in [5.41, 5.74) is 0. The zero-order valence-corrected chi connectivity index (χ0v) is 11.7. The third kappa shape index (κ3) is 7.55. The van der Waals surface area contributed by atoms with Crippen LogP contribution in [-0.2, 0) is 4.43 Å². The van der Waals surface area contributed by atoms with E-state index in [9.17, 15) is 0 Å². The second kappa shape index (κ2) is 7.32. The van der Waals surface area contributed by atoms with Crippen LogP contribution in [0.2, 0.25) is 12.6 Å². The number of unbranched alkanes of at least 4 members (excludes halogenated alkanes) is 3. The summed E-state index contributed by atoms with van der Waals surface area (Å²) in [7, 11) is 0. The van der Waals surface area contributed by atoms with Crippen molar-refractivity contribution in [2.45, 2.75) is 52.1 Å². The first-order valence-corrected chi connectivity index (χ1v) is 10.7. The maximum absolute atomic E-state index is 5.74. The van der Waals surface area contributed by atoms with Gasteiger partial charge in [-0.25, -0.2) is 0 Å². The standard InChI is InChI=1S/C9H21IOSi/c1-4-6-7-8-9-12(3,10)11-5-2/h4-9H2,1-3H3. The first-order chi connectivity index (χ1) is 5.62. The van der Waals surface area contributed by atoms with Gasteiger partial charge in [-0.2, -0.15) is 0 Å². The van der Waals surface area contributed by atoms with Crippen LogP contribution < -0.4 is 0 Å². The molecule has 0 spiro atoms. The Bertz CT molecular complexity index is 107. The van der Waals surface area contributed by atoms with E-state index in [0.717, 1.165) is 6.61 Å². The summed E-state index contributed by atoms with van der Waals surface area (Å²) in [5, 5.41) is 0. The molecule has 0 aromatic rings. The van der Waals surface area contributed by atoms with Gasteiger partial charge in [0.05, 0.1) is 0 Å². The Hall–Kier alpha value is 0.907. The smallest absolute Gasteiger partial charge is 0.255 e. The predicted octanol–water partition coefficient (Wildman–Crippen LogP) is 4.11. The van der Waals surface area contributed by atoms with E-state index >= 15 is 0 Å². The summed E-state index contributed by atoms with van der Waals surface area (Å²) in [6, 6.07) is 1.32. The Balaban J connectivity index is 3.33. The van der Waals surface area contributed by atoms with Crippen molar-refractivity contribution in [2.75, 3.05) is 6.61 Å². The van der Waals surface area contributed by atoms with Crippen LogP contribution in [0.5, 0.6) is 0 Å². The first kappa shape index (κ1) is 12.9. The molecule has 1 atom stereocenters. The lowest BCUT2D eigenvalue weighted by atomic mass is 10.2. The molecule has 0 fully saturated rings. The van der Waals surface area contributed by atoms with E-state index in [1.165, 1.54) is 31.7 Å². The van der Waals surface area contributed by atoms with Crippen molar-refractivity contribution in [3.05, 3.63) is 0 Å². The van der Waals surface area contributed by atoms with Crippen molar-refractivity contribution in [2.24, 2.45) is 0 Å². The first-order valence-electron chi connectivity index (χ1n) is 4.95. The molecule has 0 bridgehead atoms. The maximum atomic E-state index is 5.74.